The summed E-state index contributed by atoms with van der Waals surface area (Å²) in [6.45, 7) is 10.1. The van der Waals surface area contributed by atoms with Crippen LogP contribution in [0.25, 0.3) is 0 Å². The topological polar surface area (TPSA) is 43.4 Å². The quantitative estimate of drug-likeness (QED) is 0.436. The molecule has 0 radical (unpaired) electrons. The molecule has 3 heteroatoms. The van der Waals surface area contributed by atoms with Crippen LogP contribution in [0.15, 0.2) is 24.3 Å². The Bertz CT molecular complexity index is 445. The molecule has 2 aliphatic carbocycles. The van der Waals surface area contributed by atoms with Gasteiger partial charge in [-0.15, -0.1) is 6.58 Å². The highest BCUT2D eigenvalue weighted by Crippen LogP contribution is 2.65. The van der Waals surface area contributed by atoms with Crippen LogP contribution in [0.4, 0.5) is 0 Å². The molecule has 98 valence electrons. The van der Waals surface area contributed by atoms with Crippen LogP contribution in [-0.4, -0.2) is 18.4 Å². The summed E-state index contributed by atoms with van der Waals surface area (Å²) in [5.74, 6) is -1.06. The van der Waals surface area contributed by atoms with Gasteiger partial charge in [-0.25, -0.2) is 4.79 Å². The van der Waals surface area contributed by atoms with Crippen molar-refractivity contribution in [2.24, 2.45) is 16.7 Å². The average molecular weight is 248 g/mol. The molecule has 0 aromatic rings. The molecule has 2 rings (SSSR count). The van der Waals surface area contributed by atoms with Gasteiger partial charge in [0.2, 0.25) is 0 Å². The number of allylic oxidation sites excluding steroid dienone is 2. The summed E-state index contributed by atoms with van der Waals surface area (Å²) in [7, 11) is 0. The fourth-order valence-corrected chi connectivity index (χ4v) is 3.53. The van der Waals surface area contributed by atoms with E-state index in [4.69, 9.17) is 4.74 Å². The molecule has 0 heterocycles. The molecule has 0 aromatic heterocycles. The van der Waals surface area contributed by atoms with Crippen LogP contribution in [0.2, 0.25) is 0 Å². The number of ketones is 1. The van der Waals surface area contributed by atoms with E-state index in [-0.39, 0.29) is 23.4 Å². The summed E-state index contributed by atoms with van der Waals surface area (Å²) in [6.07, 6.45) is 5.83. The van der Waals surface area contributed by atoms with E-state index in [1.807, 2.05) is 12.2 Å². The number of hydrogen-bond donors (Lipinski definition) is 0. The van der Waals surface area contributed by atoms with E-state index in [0.717, 1.165) is 12.8 Å². The normalized spacial score (nSPS) is 31.9. The molecule has 3 nitrogen and oxygen atoms in total. The van der Waals surface area contributed by atoms with E-state index in [1.54, 1.807) is 6.92 Å². The molecule has 0 amide bonds. The number of hydrogen-bond acceptors (Lipinski definition) is 3. The summed E-state index contributed by atoms with van der Waals surface area (Å²) in [5.41, 5.74) is 0.450. The van der Waals surface area contributed by atoms with Crippen molar-refractivity contribution in [1.29, 1.82) is 0 Å². The zero-order chi connectivity index (χ0) is 13.6. The van der Waals surface area contributed by atoms with Crippen LogP contribution in [0, 0.1) is 16.7 Å². The maximum atomic E-state index is 12.1. The molecule has 2 bridgehead atoms. The Balaban J connectivity index is 2.33. The van der Waals surface area contributed by atoms with Gasteiger partial charge in [0.15, 0.2) is 0 Å². The molecule has 2 aliphatic rings. The minimum Gasteiger partial charge on any atom is -0.460 e. The second-order valence-corrected chi connectivity index (χ2v) is 5.71. The van der Waals surface area contributed by atoms with Gasteiger partial charge in [-0.3, -0.25) is 4.79 Å². The third-order valence-corrected chi connectivity index (χ3v) is 4.79. The predicted molar refractivity (Wildman–Crippen MR) is 68.9 cm³/mol. The molecule has 1 saturated carbocycles. The fourth-order valence-electron chi connectivity index (χ4n) is 3.53. The summed E-state index contributed by atoms with van der Waals surface area (Å²) in [6, 6.07) is 0. The zero-order valence-corrected chi connectivity index (χ0v) is 11.3. The van der Waals surface area contributed by atoms with Gasteiger partial charge >= 0.3 is 5.97 Å². The minimum absolute atomic E-state index is 0.0355. The smallest absolute Gasteiger partial charge is 0.379 e. The molecule has 0 spiro atoms. The third-order valence-electron chi connectivity index (χ3n) is 4.79. The van der Waals surface area contributed by atoms with Gasteiger partial charge < -0.3 is 4.74 Å². The van der Waals surface area contributed by atoms with E-state index < -0.39 is 11.8 Å². The average Bonchev–Trinajstić information content (AvgIpc) is 2.73. The summed E-state index contributed by atoms with van der Waals surface area (Å²) in [5, 5.41) is 0. The molecule has 2 unspecified atom stereocenters. The molecule has 0 N–H and O–H groups in total. The van der Waals surface area contributed by atoms with E-state index in [0.29, 0.717) is 5.57 Å². The lowest BCUT2D eigenvalue weighted by atomic mass is 9.69. The van der Waals surface area contributed by atoms with Crippen molar-refractivity contribution in [3.05, 3.63) is 24.3 Å². The van der Waals surface area contributed by atoms with Crippen LogP contribution in [0.5, 0.6) is 0 Å². The van der Waals surface area contributed by atoms with Gasteiger partial charge in [0.1, 0.15) is 0 Å². The number of carbonyl (C=O) groups is 2. The first-order valence-corrected chi connectivity index (χ1v) is 6.47. The van der Waals surface area contributed by atoms with Crippen LogP contribution in [0.1, 0.15) is 33.6 Å². The van der Waals surface area contributed by atoms with Gasteiger partial charge in [-0.05, 0) is 31.1 Å². The van der Waals surface area contributed by atoms with Crippen LogP contribution >= 0.6 is 0 Å². The molecule has 0 aliphatic heterocycles. The summed E-state index contributed by atoms with van der Waals surface area (Å²) in [4.78, 5) is 23.7. The van der Waals surface area contributed by atoms with Gasteiger partial charge in [-0.2, -0.15) is 0 Å². The Morgan fingerprint density at radius 2 is 2.22 bits per heavy atom. The highest BCUT2D eigenvalue weighted by molar-refractivity contribution is 6.40. The first-order valence-electron chi connectivity index (χ1n) is 6.47. The summed E-state index contributed by atoms with van der Waals surface area (Å²) >= 11 is 0. The second-order valence-electron chi connectivity index (χ2n) is 5.71. The number of carbonyl (C=O) groups excluding carboxylic acids is 2. The Morgan fingerprint density at radius 1 is 1.56 bits per heavy atom. The molecule has 2 atom stereocenters. The van der Waals surface area contributed by atoms with Crippen molar-refractivity contribution in [1.82, 2.24) is 0 Å². The van der Waals surface area contributed by atoms with Crippen molar-refractivity contribution in [2.75, 3.05) is 6.61 Å². The van der Waals surface area contributed by atoms with E-state index >= 15 is 0 Å². The van der Waals surface area contributed by atoms with E-state index in [1.165, 1.54) is 0 Å². The predicted octanol–water partition coefficient (Wildman–Crippen LogP) is 2.67. The minimum atomic E-state index is -0.730. The second kappa shape index (κ2) is 4.08. The molecular formula is C15H20O3. The van der Waals surface area contributed by atoms with Crippen molar-refractivity contribution < 1.29 is 14.3 Å². The van der Waals surface area contributed by atoms with Gasteiger partial charge in [0.05, 0.1) is 6.61 Å². The zero-order valence-electron chi connectivity index (χ0n) is 11.3. The fraction of sp³-hybridized carbons (Fsp3) is 0.600. The number of Topliss-reactive ketones (excluding diaryl/α,β-unsaturated/α-hetero) is 1. The highest BCUT2D eigenvalue weighted by Gasteiger charge is 2.59. The Labute approximate surface area is 108 Å². The monoisotopic (exact) mass is 248 g/mol. The lowest BCUT2D eigenvalue weighted by Crippen LogP contribution is -2.29. The maximum absolute atomic E-state index is 12.1. The number of ether oxygens (including phenoxy) is 1. The molecule has 0 saturated heterocycles. The first kappa shape index (κ1) is 13.1. The van der Waals surface area contributed by atoms with Crippen molar-refractivity contribution in [3.63, 3.8) is 0 Å². The first-order chi connectivity index (χ1) is 8.39. The van der Waals surface area contributed by atoms with Crippen LogP contribution in [-0.2, 0) is 14.3 Å². The van der Waals surface area contributed by atoms with Gasteiger partial charge in [0.25, 0.3) is 5.78 Å². The lowest BCUT2D eigenvalue weighted by molar-refractivity contribution is -0.152. The molecule has 0 aromatic carbocycles. The number of esters is 1. The standard InChI is InChI=1S/C15H20O3/c1-5-15-8-7-11(14(15,3)4)10(9-15)12(16)13(17)18-6-2/h5,9,11H,1,6-8H2,2-4H3. The Kier molecular flexibility index (Phi) is 2.96. The molecule has 1 fully saturated rings. The summed E-state index contributed by atoms with van der Waals surface area (Å²) < 4.78 is 4.80. The number of fused-ring (bicyclic) bond motifs is 2. The maximum Gasteiger partial charge on any atom is 0.379 e. The van der Waals surface area contributed by atoms with Gasteiger partial charge in [0, 0.05) is 11.0 Å². The van der Waals surface area contributed by atoms with Crippen molar-refractivity contribution in [2.45, 2.75) is 33.6 Å². The molecule has 18 heavy (non-hydrogen) atoms. The van der Waals surface area contributed by atoms with E-state index in [9.17, 15) is 9.59 Å². The van der Waals surface area contributed by atoms with Gasteiger partial charge in [-0.1, -0.05) is 26.0 Å². The van der Waals surface area contributed by atoms with Crippen molar-refractivity contribution >= 4 is 11.8 Å². The number of rotatable bonds is 4. The Morgan fingerprint density at radius 3 is 2.72 bits per heavy atom. The molecular weight excluding hydrogens is 228 g/mol. The lowest BCUT2D eigenvalue weighted by Gasteiger charge is -2.34. The largest absolute Gasteiger partial charge is 0.460 e. The Hall–Kier alpha value is -1.38. The third kappa shape index (κ3) is 1.49. The van der Waals surface area contributed by atoms with Crippen molar-refractivity contribution in [3.8, 4) is 0 Å². The van der Waals surface area contributed by atoms with Crippen LogP contribution in [0.3, 0.4) is 0 Å². The van der Waals surface area contributed by atoms with Crippen LogP contribution < -0.4 is 0 Å². The van der Waals surface area contributed by atoms with E-state index in [2.05, 4.69) is 20.4 Å². The highest BCUT2D eigenvalue weighted by atomic mass is 16.5. The SMILES string of the molecule is C=CC12C=C(C(=O)C(=O)OCC)C(CC1)C2(C)C.